The van der Waals surface area contributed by atoms with Crippen LogP contribution in [0.3, 0.4) is 0 Å². The predicted molar refractivity (Wildman–Crippen MR) is 114 cm³/mol. The van der Waals surface area contributed by atoms with Crippen LogP contribution >= 0.6 is 0 Å². The Bertz CT molecular complexity index is 1260. The molecule has 0 saturated carbocycles. The Morgan fingerprint density at radius 1 is 1.07 bits per heavy atom. The standard InChI is InChI=1S/C22H19N5O3/c1-3-15-7-9-17(10-8-15)26-24-20-11-14(2)19(13-21(20)25-26)23-22(28)16-5-4-6-18(12-16)27(29)30/h4-13H,3H2,1-2H3,(H,23,28). The second-order valence-corrected chi connectivity index (χ2v) is 6.93. The highest BCUT2D eigenvalue weighted by Crippen LogP contribution is 2.23. The van der Waals surface area contributed by atoms with Crippen molar-refractivity contribution in [1.29, 1.82) is 0 Å². The zero-order valence-electron chi connectivity index (χ0n) is 16.5. The first-order valence-electron chi connectivity index (χ1n) is 9.47. The molecular weight excluding hydrogens is 382 g/mol. The quantitative estimate of drug-likeness (QED) is 0.393. The number of anilines is 1. The van der Waals surface area contributed by atoms with Crippen LogP contribution in [0, 0.1) is 17.0 Å². The maximum Gasteiger partial charge on any atom is 0.270 e. The maximum absolute atomic E-state index is 12.6. The van der Waals surface area contributed by atoms with Gasteiger partial charge in [0.2, 0.25) is 0 Å². The predicted octanol–water partition coefficient (Wildman–Crippen LogP) is 4.45. The van der Waals surface area contributed by atoms with E-state index in [1.165, 1.54) is 29.8 Å². The highest BCUT2D eigenvalue weighted by Gasteiger charge is 2.14. The topological polar surface area (TPSA) is 103 Å². The smallest absolute Gasteiger partial charge is 0.270 e. The lowest BCUT2D eigenvalue weighted by atomic mass is 10.1. The zero-order valence-corrected chi connectivity index (χ0v) is 16.5. The Morgan fingerprint density at radius 3 is 2.43 bits per heavy atom. The number of benzene rings is 3. The maximum atomic E-state index is 12.6. The van der Waals surface area contributed by atoms with Gasteiger partial charge in [-0.05, 0) is 54.8 Å². The Kier molecular flexibility index (Phi) is 4.97. The number of aryl methyl sites for hydroxylation is 2. The summed E-state index contributed by atoms with van der Waals surface area (Å²) in [6.45, 7) is 3.96. The zero-order chi connectivity index (χ0) is 21.3. The lowest BCUT2D eigenvalue weighted by Crippen LogP contribution is -2.13. The fraction of sp³-hybridized carbons (Fsp3) is 0.136. The van der Waals surface area contributed by atoms with Crippen molar-refractivity contribution in [2.75, 3.05) is 5.32 Å². The SMILES string of the molecule is CCc1ccc(-n2nc3cc(C)c(NC(=O)c4cccc([N+](=O)[O-])c4)cc3n2)cc1. The second-order valence-electron chi connectivity index (χ2n) is 6.93. The molecule has 3 aromatic carbocycles. The van der Waals surface area contributed by atoms with Gasteiger partial charge in [0, 0.05) is 23.4 Å². The summed E-state index contributed by atoms with van der Waals surface area (Å²) in [6.07, 6.45) is 0.960. The highest BCUT2D eigenvalue weighted by molar-refractivity contribution is 6.05. The van der Waals surface area contributed by atoms with Gasteiger partial charge in [0.1, 0.15) is 11.0 Å². The Morgan fingerprint density at radius 2 is 1.77 bits per heavy atom. The van der Waals surface area contributed by atoms with Crippen LogP contribution in [-0.4, -0.2) is 25.8 Å². The molecule has 30 heavy (non-hydrogen) atoms. The number of nitrogens with zero attached hydrogens (tertiary/aromatic N) is 4. The molecule has 8 heteroatoms. The summed E-state index contributed by atoms with van der Waals surface area (Å²) in [6, 6.07) is 17.2. The number of carbonyl (C=O) groups excluding carboxylic acids is 1. The van der Waals surface area contributed by atoms with E-state index in [-0.39, 0.29) is 11.3 Å². The first-order valence-corrected chi connectivity index (χ1v) is 9.47. The van der Waals surface area contributed by atoms with Crippen LogP contribution < -0.4 is 5.32 Å². The van der Waals surface area contributed by atoms with Crippen LogP contribution in [0.5, 0.6) is 0 Å². The van der Waals surface area contributed by atoms with Crippen LogP contribution in [-0.2, 0) is 6.42 Å². The van der Waals surface area contributed by atoms with Crippen LogP contribution in [0.25, 0.3) is 16.7 Å². The summed E-state index contributed by atoms with van der Waals surface area (Å²) < 4.78 is 0. The van der Waals surface area contributed by atoms with Crippen molar-refractivity contribution in [2.45, 2.75) is 20.3 Å². The van der Waals surface area contributed by atoms with Crippen molar-refractivity contribution in [3.05, 3.63) is 87.5 Å². The lowest BCUT2D eigenvalue weighted by Gasteiger charge is -2.08. The largest absolute Gasteiger partial charge is 0.322 e. The number of hydrogen-bond donors (Lipinski definition) is 1. The van der Waals surface area contributed by atoms with Gasteiger partial charge in [0.15, 0.2) is 0 Å². The number of amides is 1. The van der Waals surface area contributed by atoms with Crippen molar-refractivity contribution in [2.24, 2.45) is 0 Å². The molecule has 0 radical (unpaired) electrons. The van der Waals surface area contributed by atoms with Crippen molar-refractivity contribution >= 4 is 28.3 Å². The van der Waals surface area contributed by atoms with Crippen molar-refractivity contribution < 1.29 is 9.72 Å². The fourth-order valence-electron chi connectivity index (χ4n) is 3.14. The second kappa shape index (κ2) is 7.75. The van der Waals surface area contributed by atoms with E-state index in [4.69, 9.17) is 0 Å². The third-order valence-electron chi connectivity index (χ3n) is 4.87. The van der Waals surface area contributed by atoms with Crippen LogP contribution in [0.15, 0.2) is 60.7 Å². The van der Waals surface area contributed by atoms with Crippen LogP contribution in [0.4, 0.5) is 11.4 Å². The van der Waals surface area contributed by atoms with Gasteiger partial charge in [0.05, 0.1) is 10.6 Å². The summed E-state index contributed by atoms with van der Waals surface area (Å²) in [7, 11) is 0. The fourth-order valence-corrected chi connectivity index (χ4v) is 3.14. The first kappa shape index (κ1) is 19.3. The molecular formula is C22H19N5O3. The monoisotopic (exact) mass is 401 g/mol. The molecule has 0 spiro atoms. The van der Waals surface area contributed by atoms with Gasteiger partial charge in [-0.1, -0.05) is 25.1 Å². The van der Waals surface area contributed by atoms with Gasteiger partial charge in [-0.25, -0.2) is 0 Å². The molecule has 0 bridgehead atoms. The molecule has 0 atom stereocenters. The molecule has 8 nitrogen and oxygen atoms in total. The lowest BCUT2D eigenvalue weighted by molar-refractivity contribution is -0.384. The van der Waals surface area contributed by atoms with Crippen molar-refractivity contribution in [3.8, 4) is 5.69 Å². The number of non-ortho nitro benzene ring substituents is 1. The number of hydrogen-bond acceptors (Lipinski definition) is 5. The van der Waals surface area contributed by atoms with Crippen molar-refractivity contribution in [1.82, 2.24) is 15.0 Å². The number of fused-ring (bicyclic) bond motifs is 1. The third-order valence-corrected chi connectivity index (χ3v) is 4.87. The first-order chi connectivity index (χ1) is 14.4. The molecule has 150 valence electrons. The molecule has 0 saturated heterocycles. The van der Waals surface area contributed by atoms with Gasteiger partial charge in [-0.2, -0.15) is 4.80 Å². The van der Waals surface area contributed by atoms with E-state index in [0.717, 1.165) is 17.7 Å². The minimum absolute atomic E-state index is 0.133. The van der Waals surface area contributed by atoms with Gasteiger partial charge in [-0.3, -0.25) is 14.9 Å². The van der Waals surface area contributed by atoms with E-state index in [1.807, 2.05) is 37.3 Å². The van der Waals surface area contributed by atoms with E-state index in [2.05, 4.69) is 22.4 Å². The summed E-state index contributed by atoms with van der Waals surface area (Å²) in [5.74, 6) is -0.427. The number of nitro groups is 1. The van der Waals surface area contributed by atoms with Crippen LogP contribution in [0.1, 0.15) is 28.4 Å². The minimum Gasteiger partial charge on any atom is -0.322 e. The molecule has 0 fully saturated rings. The van der Waals surface area contributed by atoms with Gasteiger partial charge in [0.25, 0.3) is 11.6 Å². The number of nitro benzene ring substituents is 1. The number of rotatable bonds is 5. The molecule has 1 heterocycles. The number of carbonyl (C=O) groups is 1. The van der Waals surface area contributed by atoms with Gasteiger partial charge < -0.3 is 5.32 Å². The highest BCUT2D eigenvalue weighted by atomic mass is 16.6. The average Bonchev–Trinajstić information content (AvgIpc) is 3.16. The van der Waals surface area contributed by atoms with Gasteiger partial charge >= 0.3 is 0 Å². The molecule has 1 aromatic heterocycles. The van der Waals surface area contributed by atoms with E-state index < -0.39 is 10.8 Å². The average molecular weight is 401 g/mol. The molecule has 0 aliphatic heterocycles. The summed E-state index contributed by atoms with van der Waals surface area (Å²) in [5, 5.41) is 22.8. The van der Waals surface area contributed by atoms with E-state index >= 15 is 0 Å². The number of aromatic nitrogens is 3. The van der Waals surface area contributed by atoms with E-state index in [0.29, 0.717) is 16.7 Å². The third kappa shape index (κ3) is 3.75. The molecule has 0 aliphatic rings. The number of nitrogens with one attached hydrogen (secondary N) is 1. The Hall–Kier alpha value is -4.07. The molecule has 0 unspecified atom stereocenters. The summed E-state index contributed by atoms with van der Waals surface area (Å²) in [4.78, 5) is 24.6. The van der Waals surface area contributed by atoms with Crippen LogP contribution in [0.2, 0.25) is 0 Å². The van der Waals surface area contributed by atoms with E-state index in [1.54, 1.807) is 10.9 Å². The molecule has 4 rings (SSSR count). The van der Waals surface area contributed by atoms with Gasteiger partial charge in [-0.15, -0.1) is 10.2 Å². The van der Waals surface area contributed by atoms with Crippen molar-refractivity contribution in [3.63, 3.8) is 0 Å². The Labute approximate surface area is 172 Å². The summed E-state index contributed by atoms with van der Waals surface area (Å²) in [5.41, 5.74) is 4.90. The minimum atomic E-state index is -0.528. The Balaban J connectivity index is 1.63. The summed E-state index contributed by atoms with van der Waals surface area (Å²) >= 11 is 0. The molecule has 0 aliphatic carbocycles. The molecule has 1 N–H and O–H groups in total. The molecule has 4 aromatic rings. The van der Waals surface area contributed by atoms with E-state index in [9.17, 15) is 14.9 Å². The normalized spacial score (nSPS) is 10.9. The molecule has 1 amide bonds.